The number of phenols is 1. The number of phenolic OH excluding ortho intramolecular Hbond substituents is 1. The van der Waals surface area contributed by atoms with E-state index in [1.165, 1.54) is 11.3 Å². The standard InChI is InChI=1S/C21H26N2O3S/c1-21(2,3)15-8-9-17(24)16(12-15)22-19(25)14-6-4-10-23(13-14)20(26)18-7-5-11-27-18/h5,7-9,11-12,14,24H,4,6,10,13H2,1-3H3,(H,22,25)/t14-/m1/s1. The molecule has 1 aromatic carbocycles. The van der Waals surface area contributed by atoms with Crippen molar-refractivity contribution < 1.29 is 14.7 Å². The topological polar surface area (TPSA) is 69.6 Å². The SMILES string of the molecule is CC(C)(C)c1ccc(O)c(NC(=O)[C@@H]2CCCN(C(=O)c3cccs3)C2)c1. The van der Waals surface area contributed by atoms with Crippen molar-refractivity contribution in [3.63, 3.8) is 0 Å². The highest BCUT2D eigenvalue weighted by Gasteiger charge is 2.30. The van der Waals surface area contributed by atoms with Crippen molar-refractivity contribution in [2.75, 3.05) is 18.4 Å². The van der Waals surface area contributed by atoms with Gasteiger partial charge < -0.3 is 15.3 Å². The quantitative estimate of drug-likeness (QED) is 0.775. The Labute approximate surface area is 164 Å². The molecule has 1 aromatic heterocycles. The zero-order valence-corrected chi connectivity index (χ0v) is 16.8. The van der Waals surface area contributed by atoms with Crippen LogP contribution in [0.2, 0.25) is 0 Å². The van der Waals surface area contributed by atoms with Crippen LogP contribution in [0.5, 0.6) is 5.75 Å². The van der Waals surface area contributed by atoms with Crippen LogP contribution in [-0.2, 0) is 10.2 Å². The van der Waals surface area contributed by atoms with Crippen LogP contribution in [0.3, 0.4) is 0 Å². The number of carbonyl (C=O) groups excluding carboxylic acids is 2. The lowest BCUT2D eigenvalue weighted by atomic mass is 9.86. The molecule has 0 radical (unpaired) electrons. The molecular formula is C21H26N2O3S. The van der Waals surface area contributed by atoms with Crippen LogP contribution < -0.4 is 5.32 Å². The molecule has 1 fully saturated rings. The highest BCUT2D eigenvalue weighted by atomic mass is 32.1. The van der Waals surface area contributed by atoms with Gasteiger partial charge in [0.05, 0.1) is 16.5 Å². The smallest absolute Gasteiger partial charge is 0.263 e. The Bertz CT molecular complexity index is 824. The molecule has 0 saturated carbocycles. The van der Waals surface area contributed by atoms with Crippen molar-refractivity contribution in [2.24, 2.45) is 5.92 Å². The first-order valence-corrected chi connectivity index (χ1v) is 10.1. The number of aromatic hydroxyl groups is 1. The summed E-state index contributed by atoms with van der Waals surface area (Å²) < 4.78 is 0. The molecule has 1 atom stereocenters. The summed E-state index contributed by atoms with van der Waals surface area (Å²) in [6.07, 6.45) is 1.53. The van der Waals surface area contributed by atoms with Crippen molar-refractivity contribution >= 4 is 28.8 Å². The van der Waals surface area contributed by atoms with Crippen molar-refractivity contribution in [3.05, 3.63) is 46.2 Å². The molecule has 2 amide bonds. The number of anilines is 1. The van der Waals surface area contributed by atoms with Crippen molar-refractivity contribution in [3.8, 4) is 5.75 Å². The number of benzene rings is 1. The van der Waals surface area contributed by atoms with Gasteiger partial charge in [-0.3, -0.25) is 9.59 Å². The number of nitrogens with zero attached hydrogens (tertiary/aromatic N) is 1. The maximum Gasteiger partial charge on any atom is 0.263 e. The van der Waals surface area contributed by atoms with Gasteiger partial charge in [0.1, 0.15) is 5.75 Å². The van der Waals surface area contributed by atoms with Crippen LogP contribution in [0.15, 0.2) is 35.7 Å². The van der Waals surface area contributed by atoms with Crippen LogP contribution in [-0.4, -0.2) is 34.9 Å². The van der Waals surface area contributed by atoms with E-state index >= 15 is 0 Å². The molecule has 2 aromatic rings. The molecule has 1 saturated heterocycles. The highest BCUT2D eigenvalue weighted by molar-refractivity contribution is 7.12. The van der Waals surface area contributed by atoms with E-state index in [1.807, 2.05) is 29.6 Å². The number of rotatable bonds is 3. The van der Waals surface area contributed by atoms with E-state index in [2.05, 4.69) is 26.1 Å². The average molecular weight is 387 g/mol. The van der Waals surface area contributed by atoms with Crippen molar-refractivity contribution in [1.29, 1.82) is 0 Å². The van der Waals surface area contributed by atoms with Gasteiger partial charge in [0.15, 0.2) is 0 Å². The molecular weight excluding hydrogens is 360 g/mol. The lowest BCUT2D eigenvalue weighted by Gasteiger charge is -2.32. The van der Waals surface area contributed by atoms with E-state index in [4.69, 9.17) is 0 Å². The molecule has 0 bridgehead atoms. The van der Waals surface area contributed by atoms with Crippen molar-refractivity contribution in [2.45, 2.75) is 39.0 Å². The second-order valence-corrected chi connectivity index (χ2v) is 8.99. The largest absolute Gasteiger partial charge is 0.506 e. The molecule has 1 aliphatic heterocycles. The third kappa shape index (κ3) is 4.50. The Hall–Kier alpha value is -2.34. The number of nitrogens with one attached hydrogen (secondary N) is 1. The molecule has 27 heavy (non-hydrogen) atoms. The van der Waals surface area contributed by atoms with Crippen LogP contribution in [0, 0.1) is 5.92 Å². The Morgan fingerprint density at radius 1 is 1.26 bits per heavy atom. The Morgan fingerprint density at radius 2 is 2.04 bits per heavy atom. The fourth-order valence-corrected chi connectivity index (χ4v) is 3.96. The number of carbonyl (C=O) groups is 2. The van der Waals surface area contributed by atoms with E-state index < -0.39 is 0 Å². The van der Waals surface area contributed by atoms with Gasteiger partial charge in [0, 0.05) is 13.1 Å². The van der Waals surface area contributed by atoms with Gasteiger partial charge in [-0.15, -0.1) is 11.3 Å². The summed E-state index contributed by atoms with van der Waals surface area (Å²) in [6.45, 7) is 7.33. The van der Waals surface area contributed by atoms with E-state index in [1.54, 1.807) is 11.0 Å². The molecule has 2 N–H and O–H groups in total. The lowest BCUT2D eigenvalue weighted by molar-refractivity contribution is -0.121. The van der Waals surface area contributed by atoms with E-state index in [-0.39, 0.29) is 28.9 Å². The Kier molecular flexibility index (Phi) is 5.56. The summed E-state index contributed by atoms with van der Waals surface area (Å²) in [6, 6.07) is 8.98. The monoisotopic (exact) mass is 386 g/mol. The molecule has 1 aliphatic rings. The van der Waals surface area contributed by atoms with Gasteiger partial charge in [-0.05, 0) is 47.4 Å². The predicted molar refractivity (Wildman–Crippen MR) is 108 cm³/mol. The molecule has 0 unspecified atom stereocenters. The fraction of sp³-hybridized carbons (Fsp3) is 0.429. The maximum absolute atomic E-state index is 12.8. The third-order valence-electron chi connectivity index (χ3n) is 4.93. The number of hydrogen-bond donors (Lipinski definition) is 2. The van der Waals surface area contributed by atoms with Crippen LogP contribution in [0.4, 0.5) is 5.69 Å². The molecule has 3 rings (SSSR count). The minimum atomic E-state index is -0.277. The van der Waals surface area contributed by atoms with Gasteiger partial charge in [0.25, 0.3) is 5.91 Å². The number of likely N-dealkylation sites (tertiary alicyclic amines) is 1. The van der Waals surface area contributed by atoms with Crippen LogP contribution in [0.1, 0.15) is 48.8 Å². The summed E-state index contributed by atoms with van der Waals surface area (Å²) >= 11 is 1.42. The highest BCUT2D eigenvalue weighted by Crippen LogP contribution is 2.31. The van der Waals surface area contributed by atoms with Gasteiger partial charge in [0.2, 0.25) is 5.91 Å². The Morgan fingerprint density at radius 3 is 2.70 bits per heavy atom. The molecule has 2 heterocycles. The minimum absolute atomic E-state index is 0.0138. The molecule has 0 spiro atoms. The average Bonchev–Trinajstić information content (AvgIpc) is 3.16. The molecule has 144 valence electrons. The summed E-state index contributed by atoms with van der Waals surface area (Å²) in [5.41, 5.74) is 1.38. The summed E-state index contributed by atoms with van der Waals surface area (Å²) in [5, 5.41) is 14.9. The number of piperidine rings is 1. The van der Waals surface area contributed by atoms with E-state index in [0.29, 0.717) is 23.7 Å². The number of amides is 2. The zero-order chi connectivity index (χ0) is 19.6. The zero-order valence-electron chi connectivity index (χ0n) is 16.0. The van der Waals surface area contributed by atoms with Gasteiger partial charge >= 0.3 is 0 Å². The van der Waals surface area contributed by atoms with Gasteiger partial charge in [-0.25, -0.2) is 0 Å². The summed E-state index contributed by atoms with van der Waals surface area (Å²) in [7, 11) is 0. The first-order chi connectivity index (χ1) is 12.8. The molecule has 5 nitrogen and oxygen atoms in total. The normalized spacial score (nSPS) is 17.6. The van der Waals surface area contributed by atoms with Crippen LogP contribution in [0.25, 0.3) is 0 Å². The second-order valence-electron chi connectivity index (χ2n) is 8.04. The maximum atomic E-state index is 12.8. The lowest BCUT2D eigenvalue weighted by Crippen LogP contribution is -2.43. The van der Waals surface area contributed by atoms with Crippen LogP contribution >= 0.6 is 11.3 Å². The first kappa shape index (κ1) is 19.4. The van der Waals surface area contributed by atoms with Crippen molar-refractivity contribution in [1.82, 2.24) is 4.90 Å². The summed E-state index contributed by atoms with van der Waals surface area (Å²) in [4.78, 5) is 27.8. The predicted octanol–water partition coefficient (Wildman–Crippen LogP) is 4.24. The van der Waals surface area contributed by atoms with E-state index in [0.717, 1.165) is 18.4 Å². The first-order valence-electron chi connectivity index (χ1n) is 9.23. The number of thiophene rings is 1. The second kappa shape index (κ2) is 7.72. The van der Waals surface area contributed by atoms with Gasteiger partial charge in [-0.1, -0.05) is 32.9 Å². The van der Waals surface area contributed by atoms with Gasteiger partial charge in [-0.2, -0.15) is 0 Å². The Balaban J connectivity index is 1.70. The number of hydrogen-bond acceptors (Lipinski definition) is 4. The fourth-order valence-electron chi connectivity index (χ4n) is 3.27. The minimum Gasteiger partial charge on any atom is -0.506 e. The third-order valence-corrected chi connectivity index (χ3v) is 5.79. The molecule has 0 aliphatic carbocycles. The van der Waals surface area contributed by atoms with E-state index in [9.17, 15) is 14.7 Å². The summed E-state index contributed by atoms with van der Waals surface area (Å²) in [5.74, 6) is -0.390. The molecule has 6 heteroatoms.